The summed E-state index contributed by atoms with van der Waals surface area (Å²) >= 11 is 0. The van der Waals surface area contributed by atoms with Crippen molar-refractivity contribution < 1.29 is 4.79 Å². The summed E-state index contributed by atoms with van der Waals surface area (Å²) in [6.07, 6.45) is 8.32. The summed E-state index contributed by atoms with van der Waals surface area (Å²) in [7, 11) is 1.83. The number of nitrogens with zero attached hydrogens (tertiary/aromatic N) is 3. The van der Waals surface area contributed by atoms with Gasteiger partial charge in [0.2, 0.25) is 0 Å². The number of likely N-dealkylation sites (N-methyl/N-ethyl adjacent to an activating group) is 1. The lowest BCUT2D eigenvalue weighted by Crippen LogP contribution is -2.29. The monoisotopic (exact) mass is 411 g/mol. The van der Waals surface area contributed by atoms with E-state index in [1.165, 1.54) is 0 Å². The minimum absolute atomic E-state index is 0.0441. The second kappa shape index (κ2) is 10.4. The second-order valence-electron chi connectivity index (χ2n) is 7.28. The molecule has 1 heterocycles. The van der Waals surface area contributed by atoms with E-state index in [0.29, 0.717) is 24.2 Å². The van der Waals surface area contributed by atoms with E-state index in [-0.39, 0.29) is 5.91 Å². The van der Waals surface area contributed by atoms with Gasteiger partial charge in [-0.15, -0.1) is 0 Å². The molecule has 1 amide bonds. The fourth-order valence-electron chi connectivity index (χ4n) is 3.65. The molecule has 0 aliphatic heterocycles. The molecule has 4 nitrogen and oxygen atoms in total. The van der Waals surface area contributed by atoms with Crippen molar-refractivity contribution in [2.24, 2.45) is 0 Å². The highest BCUT2D eigenvalue weighted by atomic mass is 16.2. The fraction of sp³-hybridized carbons (Fsp3) is 0.185. The van der Waals surface area contributed by atoms with Crippen molar-refractivity contribution in [3.8, 4) is 16.9 Å². The van der Waals surface area contributed by atoms with Crippen LogP contribution in [0, 0.1) is 0 Å². The zero-order valence-corrected chi connectivity index (χ0v) is 18.5. The van der Waals surface area contributed by atoms with Crippen LogP contribution in [0.5, 0.6) is 0 Å². The van der Waals surface area contributed by atoms with Crippen LogP contribution in [0.2, 0.25) is 0 Å². The summed E-state index contributed by atoms with van der Waals surface area (Å²) in [5, 5.41) is 4.90. The Morgan fingerprint density at radius 1 is 1.10 bits per heavy atom. The predicted octanol–water partition coefficient (Wildman–Crippen LogP) is 5.86. The van der Waals surface area contributed by atoms with E-state index in [4.69, 9.17) is 5.10 Å². The topological polar surface area (TPSA) is 38.1 Å². The van der Waals surface area contributed by atoms with Crippen LogP contribution in [0.3, 0.4) is 0 Å². The lowest BCUT2D eigenvalue weighted by molar-refractivity contribution is 0.0807. The van der Waals surface area contributed by atoms with E-state index in [2.05, 4.69) is 13.5 Å². The standard InChI is InChI=1S/C27H29N3O/c1-5-14-21(15-6-2)20-29(4)27(31)25-24(7-3)30(23-18-12-9-13-19-23)28-26(25)22-16-10-8-11-17-22/h5-6,8-19H,1,7,20H2,2-4H3/b15-6-,21-14+. The van der Waals surface area contributed by atoms with Gasteiger partial charge in [-0.2, -0.15) is 5.10 Å². The van der Waals surface area contributed by atoms with Crippen molar-refractivity contribution in [3.05, 3.63) is 108 Å². The van der Waals surface area contributed by atoms with Gasteiger partial charge in [0.15, 0.2) is 0 Å². The predicted molar refractivity (Wildman–Crippen MR) is 128 cm³/mol. The average Bonchev–Trinajstić information content (AvgIpc) is 3.19. The minimum atomic E-state index is -0.0441. The summed E-state index contributed by atoms with van der Waals surface area (Å²) in [6, 6.07) is 19.9. The molecule has 31 heavy (non-hydrogen) atoms. The van der Waals surface area contributed by atoms with Crippen LogP contribution in [-0.4, -0.2) is 34.2 Å². The minimum Gasteiger partial charge on any atom is -0.337 e. The van der Waals surface area contributed by atoms with Crippen molar-refractivity contribution in [2.45, 2.75) is 20.3 Å². The number of hydrogen-bond donors (Lipinski definition) is 0. The van der Waals surface area contributed by atoms with E-state index in [1.54, 1.807) is 11.0 Å². The molecular weight excluding hydrogens is 382 g/mol. The molecule has 4 heteroatoms. The fourth-order valence-corrected chi connectivity index (χ4v) is 3.65. The molecule has 2 aromatic carbocycles. The Labute approximate surface area is 184 Å². The Morgan fingerprint density at radius 2 is 1.74 bits per heavy atom. The average molecular weight is 412 g/mol. The van der Waals surface area contributed by atoms with Gasteiger partial charge in [0, 0.05) is 19.2 Å². The van der Waals surface area contributed by atoms with Crippen molar-refractivity contribution in [3.63, 3.8) is 0 Å². The molecule has 0 bridgehead atoms. The van der Waals surface area contributed by atoms with Gasteiger partial charge in [-0.1, -0.05) is 86.3 Å². The summed E-state index contributed by atoms with van der Waals surface area (Å²) in [5.41, 5.74) is 5.15. The Hall–Kier alpha value is -3.66. The smallest absolute Gasteiger partial charge is 0.258 e. The SMILES string of the molecule is C=C/C=C(\C=C/C)CN(C)C(=O)c1c(-c2ccccc2)nn(-c2ccccc2)c1CC. The van der Waals surface area contributed by atoms with Gasteiger partial charge in [-0.3, -0.25) is 4.79 Å². The third kappa shape index (κ3) is 4.92. The highest BCUT2D eigenvalue weighted by molar-refractivity contribution is 6.01. The van der Waals surface area contributed by atoms with E-state index >= 15 is 0 Å². The molecule has 0 saturated carbocycles. The molecule has 0 aliphatic carbocycles. The molecule has 3 rings (SSSR count). The Kier molecular flexibility index (Phi) is 7.39. The molecule has 0 saturated heterocycles. The zero-order chi connectivity index (χ0) is 22.2. The summed E-state index contributed by atoms with van der Waals surface area (Å²) < 4.78 is 1.90. The van der Waals surface area contributed by atoms with Crippen LogP contribution in [-0.2, 0) is 6.42 Å². The van der Waals surface area contributed by atoms with Gasteiger partial charge in [0.25, 0.3) is 5.91 Å². The molecule has 0 unspecified atom stereocenters. The van der Waals surface area contributed by atoms with Crippen molar-refractivity contribution >= 4 is 5.91 Å². The molecule has 158 valence electrons. The summed E-state index contributed by atoms with van der Waals surface area (Å²) in [5.74, 6) is -0.0441. The maximum atomic E-state index is 13.7. The van der Waals surface area contributed by atoms with Crippen LogP contribution in [0.15, 0.2) is 97.1 Å². The lowest BCUT2D eigenvalue weighted by atomic mass is 10.0. The second-order valence-corrected chi connectivity index (χ2v) is 7.28. The van der Waals surface area contributed by atoms with Crippen molar-refractivity contribution in [1.82, 2.24) is 14.7 Å². The van der Waals surface area contributed by atoms with Gasteiger partial charge >= 0.3 is 0 Å². The number of hydrogen-bond acceptors (Lipinski definition) is 2. The first-order chi connectivity index (χ1) is 15.1. The highest BCUT2D eigenvalue weighted by Gasteiger charge is 2.26. The van der Waals surface area contributed by atoms with Crippen LogP contribution < -0.4 is 0 Å². The number of benzene rings is 2. The molecule has 0 aliphatic rings. The summed E-state index contributed by atoms with van der Waals surface area (Å²) in [4.78, 5) is 15.4. The number of carbonyl (C=O) groups excluding carboxylic acids is 1. The van der Waals surface area contributed by atoms with Crippen LogP contribution in [0.4, 0.5) is 0 Å². The van der Waals surface area contributed by atoms with Gasteiger partial charge in [0.1, 0.15) is 5.69 Å². The number of allylic oxidation sites excluding steroid dienone is 3. The highest BCUT2D eigenvalue weighted by Crippen LogP contribution is 2.29. The first kappa shape index (κ1) is 22.0. The molecule has 3 aromatic rings. The Morgan fingerprint density at radius 3 is 2.32 bits per heavy atom. The van der Waals surface area contributed by atoms with Crippen molar-refractivity contribution in [2.75, 3.05) is 13.6 Å². The molecule has 1 aromatic heterocycles. The zero-order valence-electron chi connectivity index (χ0n) is 18.5. The summed E-state index contributed by atoms with van der Waals surface area (Å²) in [6.45, 7) is 8.30. The molecule has 0 spiro atoms. The molecule has 0 N–H and O–H groups in total. The van der Waals surface area contributed by atoms with Crippen molar-refractivity contribution in [1.29, 1.82) is 0 Å². The number of carbonyl (C=O) groups is 1. The van der Waals surface area contributed by atoms with Gasteiger partial charge in [-0.05, 0) is 31.1 Å². The lowest BCUT2D eigenvalue weighted by Gasteiger charge is -2.19. The van der Waals surface area contributed by atoms with Gasteiger partial charge in [-0.25, -0.2) is 4.68 Å². The van der Waals surface area contributed by atoms with Crippen LogP contribution in [0.25, 0.3) is 16.9 Å². The third-order valence-electron chi connectivity index (χ3n) is 5.06. The molecule has 0 atom stereocenters. The quantitative estimate of drug-likeness (QED) is 0.435. The molecular formula is C27H29N3O. The maximum Gasteiger partial charge on any atom is 0.258 e. The third-order valence-corrected chi connectivity index (χ3v) is 5.06. The normalized spacial score (nSPS) is 11.6. The molecule has 0 radical (unpaired) electrons. The molecule has 0 fully saturated rings. The van der Waals surface area contributed by atoms with E-state index in [9.17, 15) is 4.79 Å². The van der Waals surface area contributed by atoms with Gasteiger partial charge in [0.05, 0.1) is 16.9 Å². The van der Waals surface area contributed by atoms with E-state index in [0.717, 1.165) is 22.5 Å². The Bertz CT molecular complexity index is 1090. The largest absolute Gasteiger partial charge is 0.337 e. The maximum absolute atomic E-state index is 13.7. The first-order valence-electron chi connectivity index (χ1n) is 10.5. The first-order valence-corrected chi connectivity index (χ1v) is 10.5. The Balaban J connectivity index is 2.13. The number of aromatic nitrogens is 2. The van der Waals surface area contributed by atoms with E-state index < -0.39 is 0 Å². The van der Waals surface area contributed by atoms with Crippen LogP contribution >= 0.6 is 0 Å². The van der Waals surface area contributed by atoms with E-state index in [1.807, 2.05) is 97.5 Å². The van der Waals surface area contributed by atoms with Gasteiger partial charge < -0.3 is 4.90 Å². The van der Waals surface area contributed by atoms with Crippen LogP contribution in [0.1, 0.15) is 29.9 Å². The number of amides is 1. The number of rotatable bonds is 8. The number of para-hydroxylation sites is 1.